The zero-order valence-electron chi connectivity index (χ0n) is 33.7. The first-order valence-electron chi connectivity index (χ1n) is 20.7. The molecule has 11 aromatic rings. The molecule has 7 heteroatoms. The minimum atomic E-state index is 0. The summed E-state index contributed by atoms with van der Waals surface area (Å²) in [4.78, 5) is 9.47. The van der Waals surface area contributed by atoms with E-state index in [2.05, 4.69) is 208 Å². The van der Waals surface area contributed by atoms with Crippen LogP contribution in [0.15, 0.2) is 213 Å². The van der Waals surface area contributed by atoms with Crippen molar-refractivity contribution in [2.24, 2.45) is 0 Å². The molecule has 0 amide bonds. The molecule has 1 aliphatic heterocycles. The van der Waals surface area contributed by atoms with Gasteiger partial charge in [-0.2, -0.15) is 12.1 Å². The number of hydrogen-bond acceptors (Lipinski definition) is 4. The molecule has 3 aromatic heterocycles. The van der Waals surface area contributed by atoms with E-state index in [4.69, 9.17) is 9.72 Å². The Morgan fingerprint density at radius 3 is 1.90 bits per heavy atom. The fraction of sp³-hybridized carbons (Fsp3) is 0. The topological polar surface area (TPSA) is 38.5 Å². The third-order valence-electron chi connectivity index (χ3n) is 11.7. The van der Waals surface area contributed by atoms with Gasteiger partial charge >= 0.3 is 0 Å². The van der Waals surface area contributed by atoms with Crippen molar-refractivity contribution in [2.45, 2.75) is 0 Å². The van der Waals surface area contributed by atoms with Crippen LogP contribution in [0.4, 0.5) is 11.4 Å². The van der Waals surface area contributed by atoms with Gasteiger partial charge in [0.1, 0.15) is 5.82 Å². The number of ether oxygens (including phenoxy) is 1. The maximum Gasteiger partial charge on any atom is 0.137 e. The fourth-order valence-electron chi connectivity index (χ4n) is 8.79. The molecular formula is C56H36N5OPt-3. The minimum Gasteiger partial charge on any atom is -0.509 e. The largest absolute Gasteiger partial charge is 0.509 e. The van der Waals surface area contributed by atoms with Crippen molar-refractivity contribution in [3.05, 3.63) is 237 Å². The van der Waals surface area contributed by atoms with E-state index >= 15 is 0 Å². The quantitative estimate of drug-likeness (QED) is 0.142. The van der Waals surface area contributed by atoms with Crippen molar-refractivity contribution in [3.63, 3.8) is 0 Å². The SMILES string of the molecule is [Pt].[c-]1c(Oc2[c-]c3c(cc2)c2cc(-c4ccccc4)ccc2n3-c2cc3c(cn2)c2ccccc2n3-c2ccccc2)cccc1N1C=C(c2ccccc2)N(c2ccccc2)[CH-]1. The summed E-state index contributed by atoms with van der Waals surface area (Å²) in [7, 11) is 0. The normalized spacial score (nSPS) is 12.6. The van der Waals surface area contributed by atoms with Crippen molar-refractivity contribution in [1.29, 1.82) is 0 Å². The second-order valence-electron chi connectivity index (χ2n) is 15.4. The second-order valence-corrected chi connectivity index (χ2v) is 15.4. The smallest absolute Gasteiger partial charge is 0.137 e. The van der Waals surface area contributed by atoms with Gasteiger partial charge in [-0.1, -0.05) is 133 Å². The Morgan fingerprint density at radius 1 is 0.460 bits per heavy atom. The molecule has 0 spiro atoms. The monoisotopic (exact) mass is 989 g/mol. The molecule has 0 bridgehead atoms. The first-order valence-corrected chi connectivity index (χ1v) is 20.7. The van der Waals surface area contributed by atoms with Crippen LogP contribution in [0.1, 0.15) is 5.56 Å². The van der Waals surface area contributed by atoms with Gasteiger partial charge < -0.3 is 23.7 Å². The number of fused-ring (bicyclic) bond motifs is 6. The van der Waals surface area contributed by atoms with Crippen molar-refractivity contribution in [3.8, 4) is 34.1 Å². The van der Waals surface area contributed by atoms with E-state index in [0.717, 1.165) is 88.9 Å². The van der Waals surface area contributed by atoms with E-state index in [1.165, 1.54) is 0 Å². The molecule has 1 aliphatic rings. The number of pyridine rings is 1. The van der Waals surface area contributed by atoms with Crippen molar-refractivity contribution in [1.82, 2.24) is 14.1 Å². The van der Waals surface area contributed by atoms with Gasteiger partial charge in [-0.15, -0.1) is 48.1 Å². The summed E-state index contributed by atoms with van der Waals surface area (Å²) in [5.74, 6) is 1.95. The van der Waals surface area contributed by atoms with E-state index in [0.29, 0.717) is 11.5 Å². The summed E-state index contributed by atoms with van der Waals surface area (Å²) >= 11 is 0. The van der Waals surface area contributed by atoms with Gasteiger partial charge in [0.25, 0.3) is 0 Å². The molecule has 0 atom stereocenters. The molecule has 0 fully saturated rings. The second kappa shape index (κ2) is 16.0. The van der Waals surface area contributed by atoms with Crippen LogP contribution in [0.3, 0.4) is 0 Å². The predicted molar refractivity (Wildman–Crippen MR) is 253 cm³/mol. The van der Waals surface area contributed by atoms with E-state index in [-0.39, 0.29) is 21.1 Å². The van der Waals surface area contributed by atoms with Gasteiger partial charge in [0.15, 0.2) is 0 Å². The van der Waals surface area contributed by atoms with E-state index in [1.807, 2.05) is 42.6 Å². The van der Waals surface area contributed by atoms with Crippen LogP contribution in [0.5, 0.6) is 11.5 Å². The summed E-state index contributed by atoms with van der Waals surface area (Å²) in [6, 6.07) is 76.6. The first kappa shape index (κ1) is 38.3. The Labute approximate surface area is 379 Å². The molecule has 0 unspecified atom stereocenters. The first-order chi connectivity index (χ1) is 30.7. The standard InChI is InChI=1S/C56H36N5O.Pt/c1-5-16-39(17-6-1)41-28-31-52-49(32-41)48-30-29-46(34-53(48)61(52)56-35-54-50(36-57-56)47-26-13-14-27-51(47)60(54)43-22-11-4-12-23-43)62-45-25-15-24-44(33-45)58-37-55(40-18-7-2-8-19-40)59(38-58)42-20-9-3-10-21-42;/h1-32,35-38H;/q-3;. The minimum absolute atomic E-state index is 0. The molecule has 12 rings (SSSR count). The molecule has 8 aromatic carbocycles. The Hall–Kier alpha value is -7.66. The Balaban J connectivity index is 0.00000444. The van der Waals surface area contributed by atoms with Crippen LogP contribution in [-0.4, -0.2) is 14.1 Å². The molecule has 0 saturated heterocycles. The van der Waals surface area contributed by atoms with E-state index in [9.17, 15) is 0 Å². The molecule has 304 valence electrons. The number of rotatable bonds is 8. The van der Waals surface area contributed by atoms with Gasteiger partial charge in [-0.25, -0.2) is 4.98 Å². The zero-order valence-corrected chi connectivity index (χ0v) is 36.0. The average Bonchev–Trinajstić information content (AvgIpc) is 4.03. The van der Waals surface area contributed by atoms with Gasteiger partial charge in [0, 0.05) is 78.2 Å². The van der Waals surface area contributed by atoms with E-state index in [1.54, 1.807) is 0 Å². The number of benzene rings is 8. The Morgan fingerprint density at radius 2 is 1.13 bits per heavy atom. The molecule has 0 saturated carbocycles. The van der Waals surface area contributed by atoms with Gasteiger partial charge in [0.2, 0.25) is 0 Å². The summed E-state index contributed by atoms with van der Waals surface area (Å²) in [5, 5.41) is 4.42. The summed E-state index contributed by atoms with van der Waals surface area (Å²) in [6.07, 6.45) is 4.15. The molecule has 0 radical (unpaired) electrons. The average molecular weight is 990 g/mol. The summed E-state index contributed by atoms with van der Waals surface area (Å²) < 4.78 is 11.2. The van der Waals surface area contributed by atoms with Crippen LogP contribution in [0.2, 0.25) is 0 Å². The zero-order chi connectivity index (χ0) is 41.0. The third-order valence-corrected chi connectivity index (χ3v) is 11.7. The molecule has 6 nitrogen and oxygen atoms in total. The van der Waals surface area contributed by atoms with Crippen LogP contribution < -0.4 is 14.5 Å². The number of hydrogen-bond donors (Lipinski definition) is 0. The molecule has 4 heterocycles. The fourth-order valence-corrected chi connectivity index (χ4v) is 8.79. The maximum absolute atomic E-state index is 6.65. The third kappa shape index (κ3) is 6.76. The maximum atomic E-state index is 6.65. The predicted octanol–water partition coefficient (Wildman–Crippen LogP) is 13.8. The molecular weight excluding hydrogens is 954 g/mol. The number of aromatic nitrogens is 3. The number of anilines is 2. The summed E-state index contributed by atoms with van der Waals surface area (Å²) in [6.45, 7) is 2.09. The van der Waals surface area contributed by atoms with E-state index < -0.39 is 0 Å². The Kier molecular flexibility index (Phi) is 9.71. The van der Waals surface area contributed by atoms with Gasteiger partial charge in [-0.05, 0) is 64.7 Å². The summed E-state index contributed by atoms with van der Waals surface area (Å²) in [5.41, 5.74) is 11.6. The van der Waals surface area contributed by atoms with Gasteiger partial charge in [-0.3, -0.25) is 0 Å². The van der Waals surface area contributed by atoms with Crippen LogP contribution in [-0.2, 0) is 21.1 Å². The number of nitrogens with zero attached hydrogens (tertiary/aromatic N) is 5. The Bertz CT molecular complexity index is 3470. The van der Waals surface area contributed by atoms with Crippen molar-refractivity contribution in [2.75, 3.05) is 9.80 Å². The molecule has 63 heavy (non-hydrogen) atoms. The van der Waals surface area contributed by atoms with Crippen LogP contribution >= 0.6 is 0 Å². The molecule has 0 aliphatic carbocycles. The number of para-hydroxylation sites is 3. The van der Waals surface area contributed by atoms with Crippen molar-refractivity contribution < 1.29 is 25.8 Å². The van der Waals surface area contributed by atoms with Crippen LogP contribution in [0, 0.1) is 18.8 Å². The van der Waals surface area contributed by atoms with Gasteiger partial charge in [0.05, 0.1) is 11.0 Å². The van der Waals surface area contributed by atoms with Crippen LogP contribution in [0.25, 0.3) is 71.9 Å². The molecule has 0 N–H and O–H groups in total. The van der Waals surface area contributed by atoms with Crippen molar-refractivity contribution >= 4 is 60.7 Å².